The molecular weight excluding hydrogens is 823 g/mol. The topological polar surface area (TPSA) is 180 Å². The molecule has 7 rings (SSSR count). The maximum Gasteiger partial charge on any atom is 0.325 e. The molecule has 2 aliphatic heterocycles. The van der Waals surface area contributed by atoms with E-state index in [0.29, 0.717) is 32.5 Å². The summed E-state index contributed by atoms with van der Waals surface area (Å²) in [5, 5.41) is 20.3. The smallest absolute Gasteiger partial charge is 0.325 e. The van der Waals surface area contributed by atoms with Gasteiger partial charge in [0.15, 0.2) is 0 Å². The van der Waals surface area contributed by atoms with Crippen molar-refractivity contribution in [2.45, 2.75) is 84.3 Å². The van der Waals surface area contributed by atoms with Crippen LogP contribution in [0.2, 0.25) is 0 Å². The summed E-state index contributed by atoms with van der Waals surface area (Å²) < 4.78 is 0. The fourth-order valence-corrected chi connectivity index (χ4v) is 8.73. The summed E-state index contributed by atoms with van der Waals surface area (Å²) in [6, 6.07) is 29.1. The summed E-state index contributed by atoms with van der Waals surface area (Å²) in [7, 11) is 0. The Hall–Kier alpha value is -6.71. The molecule has 2 fully saturated rings. The monoisotopic (exact) mass is 881 g/mol. The zero-order valence-corrected chi connectivity index (χ0v) is 37.5. The van der Waals surface area contributed by atoms with E-state index < -0.39 is 42.1 Å². The first-order chi connectivity index (χ1) is 31.4. The Balaban J connectivity index is 1.14. The van der Waals surface area contributed by atoms with Crippen molar-refractivity contribution < 1.29 is 29.1 Å². The number of fused-ring (bicyclic) bond motifs is 1. The first-order valence-corrected chi connectivity index (χ1v) is 22.5. The van der Waals surface area contributed by atoms with Crippen LogP contribution in [0.4, 0.5) is 9.59 Å². The number of carbonyl (C=O) groups excluding carboxylic acids is 5. The number of benzene rings is 3. The molecule has 0 saturated carbocycles. The Morgan fingerprint density at radius 2 is 1.46 bits per heavy atom. The minimum atomic E-state index is -1.24. The second-order valence-corrected chi connectivity index (χ2v) is 17.2. The highest BCUT2D eigenvalue weighted by Crippen LogP contribution is 2.26. The van der Waals surface area contributed by atoms with E-state index in [1.807, 2.05) is 131 Å². The lowest BCUT2D eigenvalue weighted by molar-refractivity contribution is -0.134. The molecule has 4 N–H and O–H groups in total. The van der Waals surface area contributed by atoms with Gasteiger partial charge in [0, 0.05) is 56.1 Å². The number of hydrazine groups is 1. The number of aromatic nitrogens is 2. The highest BCUT2D eigenvalue weighted by molar-refractivity contribution is 6.04. The van der Waals surface area contributed by atoms with Gasteiger partial charge in [-0.3, -0.25) is 35.1 Å². The zero-order chi connectivity index (χ0) is 46.0. The number of para-hydroxylation sites is 1. The number of hydrogen-bond acceptors (Lipinski definition) is 9. The fraction of sp³-hybridized carbons (Fsp3) is 0.380. The number of imide groups is 1. The van der Waals surface area contributed by atoms with Gasteiger partial charge >= 0.3 is 12.1 Å². The summed E-state index contributed by atoms with van der Waals surface area (Å²) in [4.78, 5) is 82.0. The lowest BCUT2D eigenvalue weighted by Gasteiger charge is -2.36. The Morgan fingerprint density at radius 1 is 0.769 bits per heavy atom. The van der Waals surface area contributed by atoms with E-state index in [9.17, 15) is 29.1 Å². The molecule has 0 aliphatic carbocycles. The number of pyridine rings is 2. The van der Waals surface area contributed by atoms with E-state index >= 15 is 0 Å². The Labute approximate surface area is 380 Å². The van der Waals surface area contributed by atoms with Crippen LogP contribution in [0.25, 0.3) is 22.2 Å². The van der Waals surface area contributed by atoms with E-state index in [-0.39, 0.29) is 49.8 Å². The Bertz CT molecular complexity index is 2430. The average molecular weight is 882 g/mol. The molecule has 0 radical (unpaired) electrons. The van der Waals surface area contributed by atoms with Crippen molar-refractivity contribution in [3.05, 3.63) is 132 Å². The summed E-state index contributed by atoms with van der Waals surface area (Å²) in [5.41, 5.74) is 8.18. The number of carbonyl (C=O) groups is 5. The molecule has 2 aliphatic rings. The number of amides is 7. The second-order valence-electron chi connectivity index (χ2n) is 17.2. The molecular formula is C50H59N9O6. The molecule has 0 spiro atoms. The average Bonchev–Trinajstić information content (AvgIpc) is 3.84. The van der Waals surface area contributed by atoms with Crippen molar-refractivity contribution in [1.29, 1.82) is 0 Å². The molecule has 6 atom stereocenters. The zero-order valence-electron chi connectivity index (χ0n) is 37.5. The van der Waals surface area contributed by atoms with Gasteiger partial charge in [-0.15, -0.1) is 0 Å². The summed E-state index contributed by atoms with van der Waals surface area (Å²) in [5.74, 6) is -1.92. The van der Waals surface area contributed by atoms with Crippen molar-refractivity contribution in [3.63, 3.8) is 0 Å². The maximum absolute atomic E-state index is 14.7. The van der Waals surface area contributed by atoms with Gasteiger partial charge < -0.3 is 25.1 Å². The quantitative estimate of drug-likeness (QED) is 0.0577. The van der Waals surface area contributed by atoms with Crippen LogP contribution >= 0.6 is 0 Å². The van der Waals surface area contributed by atoms with Gasteiger partial charge in [0.25, 0.3) is 5.91 Å². The highest BCUT2D eigenvalue weighted by atomic mass is 16.3. The fourth-order valence-electron chi connectivity index (χ4n) is 8.73. The van der Waals surface area contributed by atoms with Crippen LogP contribution in [0.3, 0.4) is 0 Å². The lowest BCUT2D eigenvalue weighted by atomic mass is 9.95. The van der Waals surface area contributed by atoms with Crippen LogP contribution in [-0.4, -0.2) is 115 Å². The number of aliphatic hydroxyl groups is 1. The SMILES string of the molecule is CC[C@H](C)[C@@H](C(=O)NN(Cc1ccc(-c2ccccn2)cc1)C[C@@H](O)[C@H](Cc1ccccc1)NC(=O)[C@H]([C@@H](C)CC)N1CCN(Cc2ccnc3ccccc23)C1=O)N1CC(=O)NC1=O. The van der Waals surface area contributed by atoms with Crippen LogP contribution in [0, 0.1) is 11.8 Å². The van der Waals surface area contributed by atoms with Crippen molar-refractivity contribution in [2.75, 3.05) is 26.2 Å². The number of hydrogen-bond donors (Lipinski definition) is 4. The van der Waals surface area contributed by atoms with Crippen molar-refractivity contribution >= 4 is 40.7 Å². The Morgan fingerprint density at radius 3 is 2.14 bits per heavy atom. The predicted molar refractivity (Wildman–Crippen MR) is 247 cm³/mol. The first-order valence-electron chi connectivity index (χ1n) is 22.5. The molecule has 2 aromatic heterocycles. The second kappa shape index (κ2) is 21.3. The molecule has 5 aromatic rings. The third-order valence-electron chi connectivity index (χ3n) is 12.7. The maximum atomic E-state index is 14.7. The summed E-state index contributed by atoms with van der Waals surface area (Å²) in [6.45, 7) is 8.63. The molecule has 2 saturated heterocycles. The molecule has 0 bridgehead atoms. The minimum Gasteiger partial charge on any atom is -0.390 e. The molecule has 340 valence electrons. The van der Waals surface area contributed by atoms with Gasteiger partial charge in [-0.2, -0.15) is 0 Å². The van der Waals surface area contributed by atoms with Crippen LogP contribution < -0.4 is 16.1 Å². The summed E-state index contributed by atoms with van der Waals surface area (Å²) >= 11 is 0. The number of aliphatic hydroxyl groups excluding tert-OH is 1. The largest absolute Gasteiger partial charge is 0.390 e. The molecule has 65 heavy (non-hydrogen) atoms. The molecule has 4 heterocycles. The molecule has 3 aromatic carbocycles. The van der Waals surface area contributed by atoms with Crippen LogP contribution in [-0.2, 0) is 33.9 Å². The van der Waals surface area contributed by atoms with Gasteiger partial charge in [-0.05, 0) is 59.2 Å². The molecule has 0 unspecified atom stereocenters. The standard InChI is InChI=1S/C50H59N9O6/c1-5-33(3)45(58-27-26-56(50(58)65)30-38-23-25-52-41-18-11-10-16-39(38)41)47(62)53-42(28-35-14-8-7-9-15-35)43(60)31-57(29-36-19-21-37(22-20-36)40-17-12-13-24-51-40)55-48(63)46(34(4)6-2)59-32-44(61)54-49(59)64/h7-25,33-34,42-43,45-46,60H,5-6,26-32H2,1-4H3,(H,53,62)(H,55,63)(H,54,61,64)/t33-,34-,42-,43+,45-,46-/m0/s1. The van der Waals surface area contributed by atoms with Crippen molar-refractivity contribution in [3.8, 4) is 11.3 Å². The van der Waals surface area contributed by atoms with Crippen molar-refractivity contribution in [1.82, 2.24) is 45.7 Å². The van der Waals surface area contributed by atoms with Gasteiger partial charge in [0.2, 0.25) is 11.8 Å². The van der Waals surface area contributed by atoms with E-state index in [1.165, 1.54) is 4.90 Å². The number of nitrogens with zero attached hydrogens (tertiary/aromatic N) is 6. The van der Waals surface area contributed by atoms with Crippen LogP contribution in [0.5, 0.6) is 0 Å². The van der Waals surface area contributed by atoms with Gasteiger partial charge in [0.05, 0.1) is 23.4 Å². The number of rotatable bonds is 20. The molecule has 15 heteroatoms. The predicted octanol–water partition coefficient (Wildman–Crippen LogP) is 5.54. The van der Waals surface area contributed by atoms with Gasteiger partial charge in [-0.25, -0.2) is 14.6 Å². The normalized spacial score (nSPS) is 16.9. The Kier molecular flexibility index (Phi) is 15.2. The van der Waals surface area contributed by atoms with E-state index in [4.69, 9.17) is 0 Å². The molecule has 7 amide bonds. The van der Waals surface area contributed by atoms with Crippen LogP contribution in [0.1, 0.15) is 57.2 Å². The third kappa shape index (κ3) is 11.2. The van der Waals surface area contributed by atoms with E-state index in [0.717, 1.165) is 38.9 Å². The highest BCUT2D eigenvalue weighted by Gasteiger charge is 2.42. The lowest BCUT2D eigenvalue weighted by Crippen LogP contribution is -2.59. The van der Waals surface area contributed by atoms with E-state index in [2.05, 4.69) is 26.0 Å². The summed E-state index contributed by atoms with van der Waals surface area (Å²) in [6.07, 6.45) is 3.65. The third-order valence-corrected chi connectivity index (χ3v) is 12.7. The van der Waals surface area contributed by atoms with Gasteiger partial charge in [0.1, 0.15) is 18.6 Å². The number of urea groups is 2. The molecule has 15 nitrogen and oxygen atoms in total. The van der Waals surface area contributed by atoms with Gasteiger partial charge in [-0.1, -0.05) is 119 Å². The minimum absolute atomic E-state index is 0.131. The van der Waals surface area contributed by atoms with E-state index in [1.54, 1.807) is 27.2 Å². The number of nitrogens with one attached hydrogen (secondary N) is 3. The first kappa shape index (κ1) is 46.3. The van der Waals surface area contributed by atoms with Crippen molar-refractivity contribution in [2.24, 2.45) is 11.8 Å². The van der Waals surface area contributed by atoms with Crippen LogP contribution in [0.15, 0.2) is 116 Å².